The highest BCUT2D eigenvalue weighted by atomic mass is 79.9. The van der Waals surface area contributed by atoms with Crippen LogP contribution in [0.25, 0.3) is 5.69 Å². The second-order valence-corrected chi connectivity index (χ2v) is 3.99. The molecule has 0 spiro atoms. The monoisotopic (exact) mass is 284 g/mol. The number of carboxylic acid groups (broad SMARTS) is 1. The van der Waals surface area contributed by atoms with Crippen LogP contribution in [-0.4, -0.2) is 20.9 Å². The van der Waals surface area contributed by atoms with Gasteiger partial charge in [0, 0.05) is 10.7 Å². The number of rotatable bonds is 2. The lowest BCUT2D eigenvalue weighted by atomic mass is 10.3. The number of carbonyl (C=O) groups is 1. The van der Waals surface area contributed by atoms with Gasteiger partial charge in [0.2, 0.25) is 0 Å². The van der Waals surface area contributed by atoms with Gasteiger partial charge in [0.05, 0.1) is 5.69 Å². The Morgan fingerprint density at radius 1 is 1.44 bits per heavy atom. The fourth-order valence-electron chi connectivity index (χ4n) is 1.25. The smallest absolute Gasteiger partial charge is 0.356 e. The third-order valence-corrected chi connectivity index (χ3v) is 2.38. The first-order valence-corrected chi connectivity index (χ1v) is 5.11. The predicted molar refractivity (Wildman–Crippen MR) is 58.2 cm³/mol. The Labute approximate surface area is 98.4 Å². The Balaban J connectivity index is 2.46. The van der Waals surface area contributed by atoms with Gasteiger partial charge in [0.1, 0.15) is 5.82 Å². The van der Waals surface area contributed by atoms with Crippen molar-refractivity contribution in [1.29, 1.82) is 0 Å². The Kier molecular flexibility index (Phi) is 2.74. The zero-order valence-corrected chi connectivity index (χ0v) is 9.48. The summed E-state index contributed by atoms with van der Waals surface area (Å²) < 4.78 is 15.0. The highest BCUT2D eigenvalue weighted by Crippen LogP contribution is 2.17. The molecule has 0 aliphatic heterocycles. The molecule has 1 N–H and O–H groups in total. The Bertz CT molecular complexity index is 533. The minimum absolute atomic E-state index is 0.0830. The van der Waals surface area contributed by atoms with E-state index in [0.29, 0.717) is 10.2 Å². The van der Waals surface area contributed by atoms with Crippen molar-refractivity contribution >= 4 is 21.9 Å². The van der Waals surface area contributed by atoms with E-state index >= 15 is 0 Å². The van der Waals surface area contributed by atoms with Crippen molar-refractivity contribution in [1.82, 2.24) is 9.78 Å². The first-order valence-electron chi connectivity index (χ1n) is 4.32. The highest BCUT2D eigenvalue weighted by Gasteiger charge is 2.08. The molecule has 0 amide bonds. The van der Waals surface area contributed by atoms with Gasteiger partial charge in [0.25, 0.3) is 0 Å². The number of aromatic nitrogens is 2. The van der Waals surface area contributed by atoms with Crippen molar-refractivity contribution in [3.63, 3.8) is 0 Å². The van der Waals surface area contributed by atoms with E-state index in [9.17, 15) is 9.18 Å². The van der Waals surface area contributed by atoms with Gasteiger partial charge in [-0.3, -0.25) is 0 Å². The second kappa shape index (κ2) is 4.05. The fourth-order valence-corrected chi connectivity index (χ4v) is 1.71. The van der Waals surface area contributed by atoms with Crippen LogP contribution in [-0.2, 0) is 0 Å². The molecule has 6 heteroatoms. The summed E-state index contributed by atoms with van der Waals surface area (Å²) in [6, 6.07) is 5.57. The maximum Gasteiger partial charge on any atom is 0.356 e. The SMILES string of the molecule is O=C(O)c1ccn(-c2cc(F)cc(Br)c2)n1. The number of benzene rings is 1. The van der Waals surface area contributed by atoms with Crippen LogP contribution in [0.5, 0.6) is 0 Å². The number of hydrogen-bond donors (Lipinski definition) is 1. The Morgan fingerprint density at radius 3 is 2.75 bits per heavy atom. The number of hydrogen-bond acceptors (Lipinski definition) is 2. The van der Waals surface area contributed by atoms with Gasteiger partial charge in [-0.25, -0.2) is 13.9 Å². The first kappa shape index (κ1) is 10.8. The fraction of sp³-hybridized carbons (Fsp3) is 0. The lowest BCUT2D eigenvalue weighted by Gasteiger charge is -2.02. The highest BCUT2D eigenvalue weighted by molar-refractivity contribution is 9.10. The molecule has 1 aromatic carbocycles. The van der Waals surface area contributed by atoms with E-state index in [1.807, 2.05) is 0 Å². The molecule has 0 unspecified atom stereocenters. The summed E-state index contributed by atoms with van der Waals surface area (Å²) in [5, 5.41) is 12.5. The molecule has 0 aliphatic rings. The molecule has 2 aromatic rings. The van der Waals surface area contributed by atoms with Gasteiger partial charge >= 0.3 is 5.97 Å². The molecule has 82 valence electrons. The van der Waals surface area contributed by atoms with Crippen LogP contribution >= 0.6 is 15.9 Å². The van der Waals surface area contributed by atoms with E-state index in [4.69, 9.17) is 5.11 Å². The number of carboxylic acids is 1. The van der Waals surface area contributed by atoms with E-state index in [0.717, 1.165) is 0 Å². The molecule has 0 fully saturated rings. The van der Waals surface area contributed by atoms with Crippen LogP contribution < -0.4 is 0 Å². The maximum absolute atomic E-state index is 13.1. The normalized spacial score (nSPS) is 10.4. The molecule has 16 heavy (non-hydrogen) atoms. The van der Waals surface area contributed by atoms with Crippen molar-refractivity contribution in [2.45, 2.75) is 0 Å². The molecule has 1 heterocycles. The summed E-state index contributed by atoms with van der Waals surface area (Å²) in [5.41, 5.74) is 0.375. The number of aromatic carboxylic acids is 1. The van der Waals surface area contributed by atoms with Crippen LogP contribution in [0.2, 0.25) is 0 Å². The third-order valence-electron chi connectivity index (χ3n) is 1.92. The lowest BCUT2D eigenvalue weighted by Crippen LogP contribution is -2.01. The number of nitrogens with zero attached hydrogens (tertiary/aromatic N) is 2. The minimum Gasteiger partial charge on any atom is -0.476 e. The van der Waals surface area contributed by atoms with Crippen molar-refractivity contribution in [2.75, 3.05) is 0 Å². The van der Waals surface area contributed by atoms with E-state index in [2.05, 4.69) is 21.0 Å². The topological polar surface area (TPSA) is 55.1 Å². The van der Waals surface area contributed by atoms with Gasteiger partial charge in [-0.2, -0.15) is 5.10 Å². The minimum atomic E-state index is -1.12. The van der Waals surface area contributed by atoms with Crippen LogP contribution in [0.1, 0.15) is 10.5 Å². The Hall–Kier alpha value is -1.69. The molecule has 0 atom stereocenters. The molecule has 0 aliphatic carbocycles. The summed E-state index contributed by atoms with van der Waals surface area (Å²) in [4.78, 5) is 10.6. The van der Waals surface area contributed by atoms with Crippen LogP contribution in [0, 0.1) is 5.82 Å². The zero-order chi connectivity index (χ0) is 11.7. The standard InChI is InChI=1S/C10H6BrFN2O2/c11-6-3-7(12)5-8(4-6)14-2-1-9(13-14)10(15)16/h1-5H,(H,15,16). The molecule has 0 radical (unpaired) electrons. The second-order valence-electron chi connectivity index (χ2n) is 3.08. The molecular weight excluding hydrogens is 279 g/mol. The molecule has 0 saturated heterocycles. The summed E-state index contributed by atoms with van der Waals surface area (Å²) in [5.74, 6) is -1.54. The van der Waals surface area contributed by atoms with Crippen LogP contribution in [0.15, 0.2) is 34.9 Å². The first-order chi connectivity index (χ1) is 7.56. The predicted octanol–water partition coefficient (Wildman–Crippen LogP) is 2.47. The summed E-state index contributed by atoms with van der Waals surface area (Å²) >= 11 is 3.15. The van der Waals surface area contributed by atoms with Crippen molar-refractivity contribution in [3.8, 4) is 5.69 Å². The van der Waals surface area contributed by atoms with Crippen molar-refractivity contribution in [2.24, 2.45) is 0 Å². The summed E-state index contributed by atoms with van der Waals surface area (Å²) in [6.07, 6.45) is 1.46. The number of halogens is 2. The van der Waals surface area contributed by atoms with E-state index in [-0.39, 0.29) is 5.69 Å². The molecule has 2 rings (SSSR count). The molecule has 0 saturated carbocycles. The molecule has 1 aromatic heterocycles. The Morgan fingerprint density at radius 2 is 2.19 bits per heavy atom. The molecule has 4 nitrogen and oxygen atoms in total. The largest absolute Gasteiger partial charge is 0.476 e. The molecule has 0 bridgehead atoms. The van der Waals surface area contributed by atoms with E-state index < -0.39 is 11.8 Å². The molecular formula is C10H6BrFN2O2. The van der Waals surface area contributed by atoms with Gasteiger partial charge in [0.15, 0.2) is 5.69 Å². The van der Waals surface area contributed by atoms with E-state index in [1.54, 1.807) is 6.07 Å². The van der Waals surface area contributed by atoms with Gasteiger partial charge in [-0.1, -0.05) is 15.9 Å². The van der Waals surface area contributed by atoms with E-state index in [1.165, 1.54) is 29.1 Å². The summed E-state index contributed by atoms with van der Waals surface area (Å²) in [7, 11) is 0. The third kappa shape index (κ3) is 2.11. The maximum atomic E-state index is 13.1. The average Bonchev–Trinajstić information content (AvgIpc) is 2.64. The van der Waals surface area contributed by atoms with Crippen LogP contribution in [0.4, 0.5) is 4.39 Å². The van der Waals surface area contributed by atoms with Gasteiger partial charge < -0.3 is 5.11 Å². The van der Waals surface area contributed by atoms with Crippen LogP contribution in [0.3, 0.4) is 0 Å². The van der Waals surface area contributed by atoms with Gasteiger partial charge in [-0.05, 0) is 24.3 Å². The quantitative estimate of drug-likeness (QED) is 0.922. The zero-order valence-electron chi connectivity index (χ0n) is 7.89. The van der Waals surface area contributed by atoms with Gasteiger partial charge in [-0.15, -0.1) is 0 Å². The van der Waals surface area contributed by atoms with Crippen molar-refractivity contribution < 1.29 is 14.3 Å². The average molecular weight is 285 g/mol. The lowest BCUT2D eigenvalue weighted by molar-refractivity contribution is 0.0690. The van der Waals surface area contributed by atoms with Crippen molar-refractivity contribution in [3.05, 3.63) is 46.4 Å². The summed E-state index contributed by atoms with van der Waals surface area (Å²) in [6.45, 7) is 0.